The normalized spacial score (nSPS) is 40.9. The average molecular weight is 225 g/mol. The van der Waals surface area contributed by atoms with Gasteiger partial charge in [-0.05, 0) is 51.0 Å². The van der Waals surface area contributed by atoms with Crippen LogP contribution in [-0.4, -0.2) is 25.3 Å². The van der Waals surface area contributed by atoms with E-state index in [0.717, 1.165) is 18.4 Å². The Labute approximate surface area is 100 Å². The molecule has 2 rings (SSSR count). The van der Waals surface area contributed by atoms with Crippen molar-refractivity contribution in [2.45, 2.75) is 64.5 Å². The zero-order valence-corrected chi connectivity index (χ0v) is 10.9. The van der Waals surface area contributed by atoms with Crippen LogP contribution in [0.15, 0.2) is 0 Å². The third-order valence-electron chi connectivity index (χ3n) is 4.32. The van der Waals surface area contributed by atoms with E-state index in [2.05, 4.69) is 19.2 Å². The summed E-state index contributed by atoms with van der Waals surface area (Å²) in [6.45, 7) is 6.77. The second kappa shape index (κ2) is 6.02. The van der Waals surface area contributed by atoms with Gasteiger partial charge in [0, 0.05) is 12.6 Å². The topological polar surface area (TPSA) is 21.3 Å². The van der Waals surface area contributed by atoms with Gasteiger partial charge in [-0.2, -0.15) is 0 Å². The van der Waals surface area contributed by atoms with Crippen molar-refractivity contribution in [2.75, 3.05) is 13.2 Å². The summed E-state index contributed by atoms with van der Waals surface area (Å²) in [6.07, 6.45) is 8.61. The van der Waals surface area contributed by atoms with Crippen LogP contribution in [0.2, 0.25) is 0 Å². The molecule has 2 heteroatoms. The molecule has 0 amide bonds. The first-order chi connectivity index (χ1) is 7.74. The Bertz CT molecular complexity index is 199. The van der Waals surface area contributed by atoms with Crippen LogP contribution in [0.4, 0.5) is 0 Å². The van der Waals surface area contributed by atoms with Crippen molar-refractivity contribution in [3.8, 4) is 0 Å². The minimum atomic E-state index is 0.456. The Morgan fingerprint density at radius 1 is 1.06 bits per heavy atom. The number of rotatable bonds is 3. The molecular formula is C14H27NO. The highest BCUT2D eigenvalue weighted by atomic mass is 16.5. The van der Waals surface area contributed by atoms with Crippen molar-refractivity contribution in [1.29, 1.82) is 0 Å². The van der Waals surface area contributed by atoms with E-state index in [1.807, 2.05) is 0 Å². The lowest BCUT2D eigenvalue weighted by molar-refractivity contribution is 0.0123. The molecule has 0 radical (unpaired) electrons. The van der Waals surface area contributed by atoms with Crippen molar-refractivity contribution in [3.63, 3.8) is 0 Å². The van der Waals surface area contributed by atoms with Crippen LogP contribution in [0, 0.1) is 11.8 Å². The largest absolute Gasteiger partial charge is 0.378 e. The van der Waals surface area contributed by atoms with Crippen molar-refractivity contribution in [2.24, 2.45) is 11.8 Å². The van der Waals surface area contributed by atoms with Gasteiger partial charge in [0.25, 0.3) is 0 Å². The Kier molecular flexibility index (Phi) is 4.66. The zero-order chi connectivity index (χ0) is 11.4. The van der Waals surface area contributed by atoms with Crippen molar-refractivity contribution >= 4 is 0 Å². The maximum absolute atomic E-state index is 5.57. The zero-order valence-electron chi connectivity index (χ0n) is 10.9. The minimum absolute atomic E-state index is 0.456. The molecule has 2 aliphatic rings. The third kappa shape index (κ3) is 3.74. The predicted molar refractivity (Wildman–Crippen MR) is 67.6 cm³/mol. The average Bonchev–Trinajstić information content (AvgIpc) is 2.28. The van der Waals surface area contributed by atoms with Gasteiger partial charge >= 0.3 is 0 Å². The molecule has 94 valence electrons. The lowest BCUT2D eigenvalue weighted by Crippen LogP contribution is -2.40. The molecule has 2 fully saturated rings. The fourth-order valence-electron chi connectivity index (χ4n) is 3.05. The first-order valence-electron chi connectivity index (χ1n) is 7.09. The van der Waals surface area contributed by atoms with Gasteiger partial charge < -0.3 is 10.1 Å². The maximum atomic E-state index is 5.57. The van der Waals surface area contributed by atoms with Crippen molar-refractivity contribution in [1.82, 2.24) is 5.32 Å². The fraction of sp³-hybridized carbons (Fsp3) is 1.00. The molecule has 1 heterocycles. The molecule has 0 aromatic carbocycles. The van der Waals surface area contributed by atoms with E-state index in [1.165, 1.54) is 45.1 Å². The van der Waals surface area contributed by atoms with Gasteiger partial charge in [-0.25, -0.2) is 0 Å². The van der Waals surface area contributed by atoms with E-state index < -0.39 is 0 Å². The molecule has 0 spiro atoms. The summed E-state index contributed by atoms with van der Waals surface area (Å²) in [7, 11) is 0. The van der Waals surface area contributed by atoms with Crippen LogP contribution in [0.3, 0.4) is 0 Å². The molecule has 1 saturated carbocycles. The van der Waals surface area contributed by atoms with Crippen LogP contribution in [-0.2, 0) is 4.74 Å². The lowest BCUT2D eigenvalue weighted by atomic mass is 9.83. The molecule has 2 atom stereocenters. The number of hydrogen-bond acceptors (Lipinski definition) is 2. The monoisotopic (exact) mass is 225 g/mol. The van der Waals surface area contributed by atoms with Crippen LogP contribution >= 0.6 is 0 Å². The molecule has 1 aliphatic carbocycles. The predicted octanol–water partition coefficient (Wildman–Crippen LogP) is 2.97. The highest BCUT2D eigenvalue weighted by Crippen LogP contribution is 2.28. The molecule has 1 N–H and O–H groups in total. The summed E-state index contributed by atoms with van der Waals surface area (Å²) in [5.74, 6) is 1.91. The van der Waals surface area contributed by atoms with E-state index in [4.69, 9.17) is 4.74 Å². The molecule has 16 heavy (non-hydrogen) atoms. The first kappa shape index (κ1) is 12.4. The summed E-state index contributed by atoms with van der Waals surface area (Å²) in [6, 6.07) is 0.711. The molecule has 0 aromatic rings. The van der Waals surface area contributed by atoms with Gasteiger partial charge in [0.05, 0.1) is 6.10 Å². The van der Waals surface area contributed by atoms with Gasteiger partial charge in [-0.3, -0.25) is 0 Å². The number of hydrogen-bond donors (Lipinski definition) is 1. The lowest BCUT2D eigenvalue weighted by Gasteiger charge is -2.31. The summed E-state index contributed by atoms with van der Waals surface area (Å²) < 4.78 is 5.57. The van der Waals surface area contributed by atoms with E-state index >= 15 is 0 Å². The fourth-order valence-corrected chi connectivity index (χ4v) is 3.05. The van der Waals surface area contributed by atoms with E-state index in [9.17, 15) is 0 Å². The van der Waals surface area contributed by atoms with E-state index in [0.29, 0.717) is 12.1 Å². The summed E-state index contributed by atoms with van der Waals surface area (Å²) in [5, 5.41) is 3.76. The quantitative estimate of drug-likeness (QED) is 0.797. The van der Waals surface area contributed by atoms with Crippen LogP contribution in [0.25, 0.3) is 0 Å². The Morgan fingerprint density at radius 2 is 1.81 bits per heavy atom. The van der Waals surface area contributed by atoms with Gasteiger partial charge in [0.2, 0.25) is 0 Å². The van der Waals surface area contributed by atoms with Crippen molar-refractivity contribution < 1.29 is 4.74 Å². The Morgan fingerprint density at radius 3 is 2.50 bits per heavy atom. The second-order valence-electron chi connectivity index (χ2n) is 5.94. The maximum Gasteiger partial charge on any atom is 0.0561 e. The summed E-state index contributed by atoms with van der Waals surface area (Å²) >= 11 is 0. The molecular weight excluding hydrogens is 198 g/mol. The Balaban J connectivity index is 1.63. The Hall–Kier alpha value is -0.0800. The smallest absolute Gasteiger partial charge is 0.0561 e. The standard InChI is InChI=1S/C14H27NO/c1-11-3-5-13(6-4-11)10-15-14-7-8-16-12(2)9-14/h11-15H,3-10H2,1-2H3. The summed E-state index contributed by atoms with van der Waals surface area (Å²) in [4.78, 5) is 0. The third-order valence-corrected chi connectivity index (χ3v) is 4.32. The first-order valence-corrected chi connectivity index (χ1v) is 7.09. The summed E-state index contributed by atoms with van der Waals surface area (Å²) in [5.41, 5.74) is 0. The molecule has 2 nitrogen and oxygen atoms in total. The highest BCUT2D eigenvalue weighted by molar-refractivity contribution is 4.78. The van der Waals surface area contributed by atoms with Crippen LogP contribution in [0.1, 0.15) is 52.4 Å². The van der Waals surface area contributed by atoms with Crippen LogP contribution in [0.5, 0.6) is 0 Å². The van der Waals surface area contributed by atoms with Gasteiger partial charge in [0.1, 0.15) is 0 Å². The molecule has 1 saturated heterocycles. The van der Waals surface area contributed by atoms with Crippen LogP contribution < -0.4 is 5.32 Å². The van der Waals surface area contributed by atoms with E-state index in [-0.39, 0.29) is 0 Å². The molecule has 0 bridgehead atoms. The highest BCUT2D eigenvalue weighted by Gasteiger charge is 2.22. The minimum Gasteiger partial charge on any atom is -0.378 e. The number of ether oxygens (including phenoxy) is 1. The van der Waals surface area contributed by atoms with Gasteiger partial charge in [0.15, 0.2) is 0 Å². The second-order valence-corrected chi connectivity index (χ2v) is 5.94. The number of nitrogens with one attached hydrogen (secondary N) is 1. The van der Waals surface area contributed by atoms with Crippen molar-refractivity contribution in [3.05, 3.63) is 0 Å². The van der Waals surface area contributed by atoms with Gasteiger partial charge in [-0.1, -0.05) is 19.8 Å². The molecule has 2 unspecified atom stereocenters. The van der Waals surface area contributed by atoms with E-state index in [1.54, 1.807) is 0 Å². The molecule has 0 aromatic heterocycles. The SMILES string of the molecule is CC1CCC(CNC2CCOC(C)C2)CC1. The van der Waals surface area contributed by atoms with Gasteiger partial charge in [-0.15, -0.1) is 0 Å². The molecule has 1 aliphatic heterocycles.